The molecule has 1 saturated heterocycles. The van der Waals surface area contributed by atoms with E-state index in [9.17, 15) is 9.90 Å². The Balaban J connectivity index is 1.38. The molecule has 6 heteroatoms. The number of nitrogens with zero attached hydrogens (tertiary/aromatic N) is 4. The molecule has 2 aromatic rings. The summed E-state index contributed by atoms with van der Waals surface area (Å²) in [7, 11) is 0. The molecular weight excluding hydrogens is 316 g/mol. The van der Waals surface area contributed by atoms with E-state index in [0.717, 1.165) is 57.3 Å². The fraction of sp³-hybridized carbons (Fsp3) is 0.632. The summed E-state index contributed by atoms with van der Waals surface area (Å²) in [6, 6.07) is 3.94. The zero-order valence-electron chi connectivity index (χ0n) is 14.6. The Morgan fingerprint density at radius 3 is 2.68 bits per heavy atom. The predicted molar refractivity (Wildman–Crippen MR) is 94.2 cm³/mol. The summed E-state index contributed by atoms with van der Waals surface area (Å²) in [5.74, 6) is 0.508. The van der Waals surface area contributed by atoms with Gasteiger partial charge in [0.15, 0.2) is 5.65 Å². The molecule has 134 valence electrons. The summed E-state index contributed by atoms with van der Waals surface area (Å²) in [4.78, 5) is 18.9. The van der Waals surface area contributed by atoms with Gasteiger partial charge in [0, 0.05) is 37.0 Å². The molecule has 1 aliphatic carbocycles. The standard InChI is InChI=1S/C19H26N4O2/c24-18(14-19(25)8-2-1-3-9-19)22-12-6-15(7-13-22)16-4-10-20-17-5-11-21-23(16)17/h4-5,10-11,15,25H,1-3,6-9,12-14H2. The molecule has 3 heterocycles. The average Bonchev–Trinajstić information content (AvgIpc) is 3.11. The van der Waals surface area contributed by atoms with Crippen LogP contribution < -0.4 is 0 Å². The summed E-state index contributed by atoms with van der Waals surface area (Å²) in [6.07, 6.45) is 10.5. The Morgan fingerprint density at radius 1 is 1.16 bits per heavy atom. The topological polar surface area (TPSA) is 70.7 Å². The second kappa shape index (κ2) is 6.75. The van der Waals surface area contributed by atoms with E-state index >= 15 is 0 Å². The van der Waals surface area contributed by atoms with Crippen molar-refractivity contribution < 1.29 is 9.90 Å². The van der Waals surface area contributed by atoms with Crippen LogP contribution in [0.2, 0.25) is 0 Å². The number of rotatable bonds is 3. The number of hydrogen-bond donors (Lipinski definition) is 1. The Hall–Kier alpha value is -1.95. The highest BCUT2D eigenvalue weighted by molar-refractivity contribution is 5.77. The second-order valence-corrected chi connectivity index (χ2v) is 7.59. The lowest BCUT2D eigenvalue weighted by Gasteiger charge is -2.36. The maximum atomic E-state index is 12.6. The molecule has 0 spiro atoms. The molecule has 2 aliphatic rings. The molecule has 0 bridgehead atoms. The smallest absolute Gasteiger partial charge is 0.225 e. The number of carbonyl (C=O) groups is 1. The molecule has 1 amide bonds. The van der Waals surface area contributed by atoms with Crippen LogP contribution in [-0.4, -0.2) is 49.2 Å². The van der Waals surface area contributed by atoms with Crippen molar-refractivity contribution in [3.63, 3.8) is 0 Å². The van der Waals surface area contributed by atoms with Crippen molar-refractivity contribution in [1.82, 2.24) is 19.5 Å². The van der Waals surface area contributed by atoms with Crippen LogP contribution in [0.1, 0.15) is 63.0 Å². The highest BCUT2D eigenvalue weighted by Gasteiger charge is 2.34. The first-order valence-corrected chi connectivity index (χ1v) is 9.43. The van der Waals surface area contributed by atoms with E-state index in [1.165, 1.54) is 12.1 Å². The van der Waals surface area contributed by atoms with Gasteiger partial charge >= 0.3 is 0 Å². The summed E-state index contributed by atoms with van der Waals surface area (Å²) in [5, 5.41) is 15.0. The van der Waals surface area contributed by atoms with Crippen molar-refractivity contribution in [3.8, 4) is 0 Å². The van der Waals surface area contributed by atoms with Gasteiger partial charge in [0.1, 0.15) is 0 Å². The zero-order chi connectivity index (χ0) is 17.3. The van der Waals surface area contributed by atoms with Crippen molar-refractivity contribution >= 4 is 11.6 Å². The monoisotopic (exact) mass is 342 g/mol. The molecule has 1 N–H and O–H groups in total. The van der Waals surface area contributed by atoms with Gasteiger partial charge < -0.3 is 10.0 Å². The molecule has 0 atom stereocenters. The van der Waals surface area contributed by atoms with Crippen LogP contribution in [0.3, 0.4) is 0 Å². The van der Waals surface area contributed by atoms with Gasteiger partial charge in [0.2, 0.25) is 5.91 Å². The Kier molecular flexibility index (Phi) is 4.46. The van der Waals surface area contributed by atoms with Crippen LogP contribution in [0.4, 0.5) is 0 Å². The van der Waals surface area contributed by atoms with Crippen molar-refractivity contribution in [1.29, 1.82) is 0 Å². The maximum absolute atomic E-state index is 12.6. The lowest BCUT2D eigenvalue weighted by molar-refractivity contribution is -0.138. The maximum Gasteiger partial charge on any atom is 0.225 e. The number of fused-ring (bicyclic) bond motifs is 1. The van der Waals surface area contributed by atoms with Gasteiger partial charge in [-0.2, -0.15) is 5.10 Å². The van der Waals surface area contributed by atoms with Crippen molar-refractivity contribution in [2.45, 2.75) is 62.9 Å². The molecule has 2 aromatic heterocycles. The van der Waals surface area contributed by atoms with Gasteiger partial charge in [-0.3, -0.25) is 4.79 Å². The van der Waals surface area contributed by atoms with Gasteiger partial charge in [-0.15, -0.1) is 0 Å². The molecule has 1 aliphatic heterocycles. The molecule has 1 saturated carbocycles. The van der Waals surface area contributed by atoms with E-state index in [0.29, 0.717) is 5.92 Å². The minimum atomic E-state index is -0.765. The van der Waals surface area contributed by atoms with Gasteiger partial charge in [0.05, 0.1) is 18.2 Å². The molecule has 2 fully saturated rings. The van der Waals surface area contributed by atoms with Crippen molar-refractivity contribution in [2.24, 2.45) is 0 Å². The third-order valence-corrected chi connectivity index (χ3v) is 5.85. The number of carbonyl (C=O) groups excluding carboxylic acids is 1. The fourth-order valence-electron chi connectivity index (χ4n) is 4.37. The highest BCUT2D eigenvalue weighted by atomic mass is 16.3. The van der Waals surface area contributed by atoms with Crippen molar-refractivity contribution in [3.05, 3.63) is 30.2 Å². The van der Waals surface area contributed by atoms with E-state index < -0.39 is 5.60 Å². The first-order valence-electron chi connectivity index (χ1n) is 9.43. The van der Waals surface area contributed by atoms with E-state index in [1.807, 2.05) is 27.7 Å². The number of aromatic nitrogens is 3. The molecule has 25 heavy (non-hydrogen) atoms. The van der Waals surface area contributed by atoms with Gasteiger partial charge in [-0.25, -0.2) is 9.50 Å². The zero-order valence-corrected chi connectivity index (χ0v) is 14.6. The Labute approximate surface area is 147 Å². The first-order chi connectivity index (χ1) is 12.1. The van der Waals surface area contributed by atoms with Crippen LogP contribution in [-0.2, 0) is 4.79 Å². The second-order valence-electron chi connectivity index (χ2n) is 7.59. The molecule has 0 aromatic carbocycles. The number of amides is 1. The lowest BCUT2D eigenvalue weighted by Crippen LogP contribution is -2.43. The van der Waals surface area contributed by atoms with E-state index in [4.69, 9.17) is 0 Å². The van der Waals surface area contributed by atoms with Crippen LogP contribution in [0.25, 0.3) is 5.65 Å². The quantitative estimate of drug-likeness (QED) is 0.930. The summed E-state index contributed by atoms with van der Waals surface area (Å²) in [6.45, 7) is 1.51. The normalized spacial score (nSPS) is 21.6. The molecule has 4 rings (SSSR count). The van der Waals surface area contributed by atoms with E-state index in [-0.39, 0.29) is 12.3 Å². The van der Waals surface area contributed by atoms with E-state index in [1.54, 1.807) is 6.20 Å². The van der Waals surface area contributed by atoms with Crippen LogP contribution in [0, 0.1) is 0 Å². The minimum Gasteiger partial charge on any atom is -0.389 e. The SMILES string of the molecule is O=C(CC1(O)CCCCC1)N1CCC(c2ccnc3ccnn23)CC1. The summed E-state index contributed by atoms with van der Waals surface area (Å²) < 4.78 is 1.91. The average molecular weight is 342 g/mol. The first kappa shape index (κ1) is 16.5. The molecule has 0 unspecified atom stereocenters. The lowest BCUT2D eigenvalue weighted by atomic mass is 9.82. The Morgan fingerprint density at radius 2 is 1.92 bits per heavy atom. The third kappa shape index (κ3) is 3.40. The number of hydrogen-bond acceptors (Lipinski definition) is 4. The van der Waals surface area contributed by atoms with Crippen LogP contribution in [0.15, 0.2) is 24.5 Å². The number of likely N-dealkylation sites (tertiary alicyclic amines) is 1. The largest absolute Gasteiger partial charge is 0.389 e. The minimum absolute atomic E-state index is 0.113. The third-order valence-electron chi connectivity index (χ3n) is 5.85. The van der Waals surface area contributed by atoms with Gasteiger partial charge in [-0.1, -0.05) is 19.3 Å². The summed E-state index contributed by atoms with van der Waals surface area (Å²) >= 11 is 0. The summed E-state index contributed by atoms with van der Waals surface area (Å²) in [5.41, 5.74) is 1.28. The number of aliphatic hydroxyl groups is 1. The predicted octanol–water partition coefficient (Wildman–Crippen LogP) is 2.52. The number of piperidine rings is 1. The molecule has 0 radical (unpaired) electrons. The van der Waals surface area contributed by atoms with Crippen LogP contribution in [0.5, 0.6) is 0 Å². The van der Waals surface area contributed by atoms with Crippen LogP contribution >= 0.6 is 0 Å². The van der Waals surface area contributed by atoms with Gasteiger partial charge in [-0.05, 0) is 31.7 Å². The molecular formula is C19H26N4O2. The van der Waals surface area contributed by atoms with Crippen molar-refractivity contribution in [2.75, 3.05) is 13.1 Å². The highest BCUT2D eigenvalue weighted by Crippen LogP contribution is 2.33. The molecule has 6 nitrogen and oxygen atoms in total. The Bertz CT molecular complexity index is 743. The van der Waals surface area contributed by atoms with Gasteiger partial charge in [0.25, 0.3) is 0 Å². The van der Waals surface area contributed by atoms with E-state index in [2.05, 4.69) is 10.1 Å². The fourth-order valence-corrected chi connectivity index (χ4v) is 4.37.